The summed E-state index contributed by atoms with van der Waals surface area (Å²) in [7, 11) is 0. The highest BCUT2D eigenvalue weighted by Gasteiger charge is 2.38. The third-order valence-corrected chi connectivity index (χ3v) is 4.27. The maximum Gasteiger partial charge on any atom is 0.327 e. The number of aliphatic carboxylic acids is 1. The molecule has 1 heterocycles. The Labute approximate surface area is 120 Å². The van der Waals surface area contributed by atoms with E-state index in [-0.39, 0.29) is 17.1 Å². The van der Waals surface area contributed by atoms with E-state index in [9.17, 15) is 14.0 Å². The van der Waals surface area contributed by atoms with Gasteiger partial charge in [0, 0.05) is 11.8 Å². The van der Waals surface area contributed by atoms with E-state index in [2.05, 4.69) is 0 Å². The van der Waals surface area contributed by atoms with E-state index in [0.29, 0.717) is 11.3 Å². The van der Waals surface area contributed by atoms with Gasteiger partial charge >= 0.3 is 5.97 Å². The standard InChI is InChI=1S/C14H14FNO3S/c1-9-16(12(8-20-9)14(18)19)13(17)7-4-10-2-5-11(15)6-3-10/h2-7,9,12H,8H2,1H3,(H,18,19). The molecule has 1 aromatic rings. The van der Waals surface area contributed by atoms with Crippen LogP contribution in [0.1, 0.15) is 12.5 Å². The molecule has 0 bridgehead atoms. The first kappa shape index (κ1) is 14.6. The van der Waals surface area contributed by atoms with Crippen LogP contribution in [-0.2, 0) is 9.59 Å². The van der Waals surface area contributed by atoms with Crippen LogP contribution in [0.5, 0.6) is 0 Å². The molecule has 0 radical (unpaired) electrons. The summed E-state index contributed by atoms with van der Waals surface area (Å²) in [4.78, 5) is 24.6. The lowest BCUT2D eigenvalue weighted by Gasteiger charge is -2.23. The van der Waals surface area contributed by atoms with Gasteiger partial charge in [0.15, 0.2) is 0 Å². The van der Waals surface area contributed by atoms with Crippen molar-refractivity contribution in [3.8, 4) is 0 Å². The molecule has 1 amide bonds. The van der Waals surface area contributed by atoms with Crippen molar-refractivity contribution in [3.63, 3.8) is 0 Å². The van der Waals surface area contributed by atoms with Crippen LogP contribution in [0.2, 0.25) is 0 Å². The minimum Gasteiger partial charge on any atom is -0.480 e. The summed E-state index contributed by atoms with van der Waals surface area (Å²) in [5, 5.41) is 8.93. The molecule has 0 spiro atoms. The average molecular weight is 295 g/mol. The van der Waals surface area contributed by atoms with Crippen LogP contribution in [0.4, 0.5) is 4.39 Å². The topological polar surface area (TPSA) is 57.6 Å². The summed E-state index contributed by atoms with van der Waals surface area (Å²) in [6.07, 6.45) is 2.88. The molecule has 1 N–H and O–H groups in total. The van der Waals surface area contributed by atoms with Crippen molar-refractivity contribution in [1.82, 2.24) is 4.90 Å². The first-order chi connectivity index (χ1) is 9.49. The summed E-state index contributed by atoms with van der Waals surface area (Å²) in [6.45, 7) is 1.80. The van der Waals surface area contributed by atoms with Crippen molar-refractivity contribution in [3.05, 3.63) is 41.7 Å². The number of hydrogen-bond donors (Lipinski definition) is 1. The number of nitrogens with zero attached hydrogens (tertiary/aromatic N) is 1. The molecular weight excluding hydrogens is 281 g/mol. The predicted molar refractivity (Wildman–Crippen MR) is 75.6 cm³/mol. The zero-order valence-electron chi connectivity index (χ0n) is 10.8. The van der Waals surface area contributed by atoms with Crippen LogP contribution in [0.15, 0.2) is 30.3 Å². The molecule has 4 nitrogen and oxygen atoms in total. The molecule has 1 aromatic carbocycles. The van der Waals surface area contributed by atoms with E-state index in [1.807, 2.05) is 0 Å². The van der Waals surface area contributed by atoms with Crippen molar-refractivity contribution in [2.45, 2.75) is 18.3 Å². The monoisotopic (exact) mass is 295 g/mol. The number of halogens is 1. The first-order valence-corrected chi connectivity index (χ1v) is 7.14. The van der Waals surface area contributed by atoms with Crippen LogP contribution in [-0.4, -0.2) is 39.1 Å². The Bertz CT molecular complexity index is 544. The van der Waals surface area contributed by atoms with Crippen LogP contribution < -0.4 is 0 Å². The molecule has 20 heavy (non-hydrogen) atoms. The summed E-state index contributed by atoms with van der Waals surface area (Å²) >= 11 is 1.43. The van der Waals surface area contributed by atoms with Gasteiger partial charge < -0.3 is 10.0 Å². The Hall–Kier alpha value is -1.82. The lowest BCUT2D eigenvalue weighted by molar-refractivity contribution is -0.147. The Morgan fingerprint density at radius 1 is 1.40 bits per heavy atom. The number of hydrogen-bond acceptors (Lipinski definition) is 3. The highest BCUT2D eigenvalue weighted by Crippen LogP contribution is 2.29. The molecular formula is C14H14FNO3S. The second-order valence-electron chi connectivity index (χ2n) is 4.42. The van der Waals surface area contributed by atoms with Gasteiger partial charge in [0.05, 0.1) is 5.37 Å². The molecule has 2 atom stereocenters. The molecule has 1 aliphatic heterocycles. The maximum atomic E-state index is 12.8. The van der Waals surface area contributed by atoms with Crippen molar-refractivity contribution in [1.29, 1.82) is 0 Å². The van der Waals surface area contributed by atoms with Crippen molar-refractivity contribution < 1.29 is 19.1 Å². The molecule has 106 valence electrons. The molecule has 0 saturated carbocycles. The smallest absolute Gasteiger partial charge is 0.327 e. The third-order valence-electron chi connectivity index (χ3n) is 3.05. The highest BCUT2D eigenvalue weighted by atomic mass is 32.2. The summed E-state index contributed by atoms with van der Waals surface area (Å²) in [5.41, 5.74) is 0.686. The van der Waals surface area contributed by atoms with E-state index in [4.69, 9.17) is 5.11 Å². The zero-order valence-corrected chi connectivity index (χ0v) is 11.6. The fourth-order valence-corrected chi connectivity index (χ4v) is 3.17. The van der Waals surface area contributed by atoms with Crippen LogP contribution in [0, 0.1) is 5.82 Å². The van der Waals surface area contributed by atoms with Gasteiger partial charge in [-0.1, -0.05) is 12.1 Å². The number of carbonyl (C=O) groups excluding carboxylic acids is 1. The van der Waals surface area contributed by atoms with Gasteiger partial charge in [-0.2, -0.15) is 0 Å². The predicted octanol–water partition coefficient (Wildman–Crippen LogP) is 2.21. The minimum atomic E-state index is -0.995. The quantitative estimate of drug-likeness (QED) is 0.869. The molecule has 1 saturated heterocycles. The van der Waals surface area contributed by atoms with E-state index < -0.39 is 12.0 Å². The van der Waals surface area contributed by atoms with Gasteiger partial charge in [-0.25, -0.2) is 9.18 Å². The van der Waals surface area contributed by atoms with Crippen LogP contribution >= 0.6 is 11.8 Å². The van der Waals surface area contributed by atoms with Gasteiger partial charge in [-0.15, -0.1) is 11.8 Å². The summed E-state index contributed by atoms with van der Waals surface area (Å²) in [6, 6.07) is 4.92. The van der Waals surface area contributed by atoms with E-state index >= 15 is 0 Å². The summed E-state index contributed by atoms with van der Waals surface area (Å²) in [5.74, 6) is -1.29. The zero-order chi connectivity index (χ0) is 14.7. The normalized spacial score (nSPS) is 22.4. The van der Waals surface area contributed by atoms with E-state index in [1.54, 1.807) is 25.1 Å². The number of thioether (sulfide) groups is 1. The van der Waals surface area contributed by atoms with Gasteiger partial charge in [0.1, 0.15) is 11.9 Å². The lowest BCUT2D eigenvalue weighted by Crippen LogP contribution is -2.43. The molecule has 2 rings (SSSR count). The summed E-state index contributed by atoms with van der Waals surface area (Å²) < 4.78 is 12.8. The number of carbonyl (C=O) groups is 2. The van der Waals surface area contributed by atoms with Gasteiger partial charge in [-0.05, 0) is 30.7 Å². The molecule has 2 unspecified atom stereocenters. The molecule has 1 fully saturated rings. The number of rotatable bonds is 3. The lowest BCUT2D eigenvalue weighted by atomic mass is 10.2. The van der Waals surface area contributed by atoms with Gasteiger partial charge in [0.25, 0.3) is 0 Å². The molecule has 0 aliphatic carbocycles. The van der Waals surface area contributed by atoms with Gasteiger partial charge in [-0.3, -0.25) is 4.79 Å². The Kier molecular flexibility index (Phi) is 4.44. The van der Waals surface area contributed by atoms with Crippen LogP contribution in [0.25, 0.3) is 6.08 Å². The second-order valence-corrected chi connectivity index (χ2v) is 5.77. The fraction of sp³-hybridized carbons (Fsp3) is 0.286. The first-order valence-electron chi connectivity index (χ1n) is 6.09. The number of carboxylic acids is 1. The number of benzene rings is 1. The number of amides is 1. The van der Waals surface area contributed by atoms with Crippen molar-refractivity contribution in [2.24, 2.45) is 0 Å². The Balaban J connectivity index is 2.10. The maximum absolute atomic E-state index is 12.8. The van der Waals surface area contributed by atoms with Crippen molar-refractivity contribution in [2.75, 3.05) is 5.75 Å². The van der Waals surface area contributed by atoms with Crippen molar-refractivity contribution >= 4 is 29.7 Å². The van der Waals surface area contributed by atoms with E-state index in [0.717, 1.165) is 0 Å². The minimum absolute atomic E-state index is 0.165. The Morgan fingerprint density at radius 2 is 2.05 bits per heavy atom. The molecule has 6 heteroatoms. The van der Waals surface area contributed by atoms with Crippen LogP contribution in [0.3, 0.4) is 0 Å². The largest absolute Gasteiger partial charge is 0.480 e. The molecule has 1 aliphatic rings. The fourth-order valence-electron chi connectivity index (χ4n) is 1.99. The SMILES string of the molecule is CC1SCC(C(=O)O)N1C(=O)C=Cc1ccc(F)cc1. The average Bonchev–Trinajstić information content (AvgIpc) is 2.80. The number of carboxylic acid groups (broad SMARTS) is 1. The second kappa shape index (κ2) is 6.09. The third kappa shape index (κ3) is 3.19. The highest BCUT2D eigenvalue weighted by molar-refractivity contribution is 8.00. The molecule has 0 aromatic heterocycles. The van der Waals surface area contributed by atoms with E-state index in [1.165, 1.54) is 34.9 Å². The Morgan fingerprint density at radius 3 is 2.65 bits per heavy atom. The van der Waals surface area contributed by atoms with Gasteiger partial charge in [0.2, 0.25) is 5.91 Å².